The quantitative estimate of drug-likeness (QED) is 0.888. The van der Waals surface area contributed by atoms with Gasteiger partial charge in [0.1, 0.15) is 12.1 Å². The van der Waals surface area contributed by atoms with Crippen molar-refractivity contribution in [2.24, 2.45) is 4.99 Å². The van der Waals surface area contributed by atoms with E-state index in [9.17, 15) is 9.50 Å². The number of amidine groups is 1. The van der Waals surface area contributed by atoms with E-state index in [1.54, 1.807) is 18.0 Å². The van der Waals surface area contributed by atoms with Gasteiger partial charge in [0.05, 0.1) is 24.8 Å². The number of para-hydroxylation sites is 2. The van der Waals surface area contributed by atoms with Gasteiger partial charge < -0.3 is 24.8 Å². The van der Waals surface area contributed by atoms with E-state index in [1.165, 1.54) is 6.08 Å². The Kier molecular flexibility index (Phi) is 3.50. The summed E-state index contributed by atoms with van der Waals surface area (Å²) in [7, 11) is 0. The predicted molar refractivity (Wildman–Crippen MR) is 86.7 cm³/mol. The van der Waals surface area contributed by atoms with Crippen molar-refractivity contribution in [1.29, 1.82) is 0 Å². The van der Waals surface area contributed by atoms with Crippen molar-refractivity contribution < 1.29 is 19.0 Å². The first kappa shape index (κ1) is 14.8. The number of anilines is 1. The molecule has 3 aliphatic heterocycles. The zero-order valence-corrected chi connectivity index (χ0v) is 12.9. The van der Waals surface area contributed by atoms with Gasteiger partial charge in [-0.2, -0.15) is 0 Å². The van der Waals surface area contributed by atoms with Crippen LogP contribution in [0.15, 0.2) is 65.2 Å². The van der Waals surface area contributed by atoms with Crippen LogP contribution in [0.1, 0.15) is 6.92 Å². The monoisotopic (exact) mass is 329 g/mol. The van der Waals surface area contributed by atoms with Crippen LogP contribution in [0.4, 0.5) is 10.1 Å². The fourth-order valence-electron chi connectivity index (χ4n) is 2.75. The largest absolute Gasteiger partial charge is 0.486 e. The second kappa shape index (κ2) is 5.68. The third kappa shape index (κ3) is 2.25. The van der Waals surface area contributed by atoms with Crippen LogP contribution in [0, 0.1) is 0 Å². The number of fused-ring (bicyclic) bond motifs is 3. The molecule has 0 bridgehead atoms. The molecule has 4 rings (SSSR count). The fourth-order valence-corrected chi connectivity index (χ4v) is 2.75. The van der Waals surface area contributed by atoms with Crippen LogP contribution in [0.5, 0.6) is 5.75 Å². The van der Waals surface area contributed by atoms with Gasteiger partial charge in [0.2, 0.25) is 0 Å². The van der Waals surface area contributed by atoms with E-state index >= 15 is 0 Å². The third-order valence-electron chi connectivity index (χ3n) is 3.94. The Morgan fingerprint density at radius 2 is 2.33 bits per heavy atom. The molecule has 0 aliphatic carbocycles. The number of rotatable bonds is 4. The molecule has 0 aromatic heterocycles. The number of nitrogens with one attached hydrogen (secondary N) is 1. The van der Waals surface area contributed by atoms with E-state index in [0.717, 1.165) is 5.69 Å². The zero-order valence-electron chi connectivity index (χ0n) is 12.9. The first-order valence-electron chi connectivity index (χ1n) is 7.63. The van der Waals surface area contributed by atoms with Crippen molar-refractivity contribution >= 4 is 11.5 Å². The smallest absolute Gasteiger partial charge is 0.186 e. The molecule has 0 amide bonds. The normalized spacial score (nSPS) is 22.3. The maximum absolute atomic E-state index is 12.7. The maximum atomic E-state index is 12.7. The van der Waals surface area contributed by atoms with Crippen LogP contribution in [-0.2, 0) is 4.74 Å². The predicted octanol–water partition coefficient (Wildman–Crippen LogP) is 2.48. The molecule has 0 saturated heterocycles. The van der Waals surface area contributed by atoms with Gasteiger partial charge in [-0.15, -0.1) is 0 Å². The summed E-state index contributed by atoms with van der Waals surface area (Å²) in [6.07, 6.45) is 3.21. The van der Waals surface area contributed by atoms with Crippen molar-refractivity contribution in [3.05, 3.63) is 60.2 Å². The molecule has 0 radical (unpaired) electrons. The lowest BCUT2D eigenvalue weighted by atomic mass is 10.0. The molecule has 24 heavy (non-hydrogen) atoms. The van der Waals surface area contributed by atoms with Gasteiger partial charge in [0, 0.05) is 0 Å². The summed E-state index contributed by atoms with van der Waals surface area (Å²) in [5, 5.41) is 12.4. The highest BCUT2D eigenvalue weighted by Gasteiger charge is 2.42. The van der Waals surface area contributed by atoms with Gasteiger partial charge >= 0.3 is 0 Å². The lowest BCUT2D eigenvalue weighted by molar-refractivity contribution is 0.0338. The van der Waals surface area contributed by atoms with Crippen molar-refractivity contribution in [3.8, 4) is 5.75 Å². The second-order valence-corrected chi connectivity index (χ2v) is 5.65. The molecule has 6 nitrogen and oxygen atoms in total. The molecule has 1 aromatic carbocycles. The molecule has 0 saturated carbocycles. The number of hydrogen-bond donors (Lipinski definition) is 2. The maximum Gasteiger partial charge on any atom is 0.186 e. The average Bonchev–Trinajstić information content (AvgIpc) is 2.61. The van der Waals surface area contributed by atoms with Crippen molar-refractivity contribution in [3.63, 3.8) is 0 Å². The molecular formula is C17H16FN3O3. The highest BCUT2D eigenvalue weighted by Crippen LogP contribution is 2.41. The number of hydrogen-bond acceptors (Lipinski definition) is 6. The molecule has 1 aromatic rings. The van der Waals surface area contributed by atoms with E-state index in [-0.39, 0.29) is 6.61 Å². The zero-order chi connectivity index (χ0) is 16.7. The lowest BCUT2D eigenvalue weighted by Crippen LogP contribution is -2.47. The van der Waals surface area contributed by atoms with Crippen LogP contribution >= 0.6 is 0 Å². The number of ether oxygens (including phenoxy) is 2. The summed E-state index contributed by atoms with van der Waals surface area (Å²) in [4.78, 5) is 6.29. The number of halogens is 1. The Hall–Kier alpha value is -2.80. The summed E-state index contributed by atoms with van der Waals surface area (Å²) in [6.45, 7) is 1.61. The van der Waals surface area contributed by atoms with Crippen LogP contribution in [0.25, 0.3) is 0 Å². The van der Waals surface area contributed by atoms with E-state index in [0.29, 0.717) is 35.3 Å². The Labute approximate surface area is 138 Å². The minimum atomic E-state index is -0.405. The topological polar surface area (TPSA) is 66.3 Å². The number of aliphatic hydroxyl groups excluding tert-OH is 1. The SMILES string of the molecule is CC(CO)OC1=C2N=C3Nc4ccccc4OC3=CN2C1/C=C\F. The fraction of sp³-hybridized carbons (Fsp3) is 0.235. The Morgan fingerprint density at radius 3 is 3.12 bits per heavy atom. The Morgan fingerprint density at radius 1 is 1.50 bits per heavy atom. The van der Waals surface area contributed by atoms with Crippen LogP contribution in [0.3, 0.4) is 0 Å². The van der Waals surface area contributed by atoms with Gasteiger partial charge in [-0.1, -0.05) is 12.1 Å². The van der Waals surface area contributed by atoms with E-state index in [1.807, 2.05) is 24.3 Å². The Bertz CT molecular complexity index is 800. The highest BCUT2D eigenvalue weighted by atomic mass is 19.1. The number of nitrogens with zero attached hydrogens (tertiary/aromatic N) is 2. The molecule has 7 heteroatoms. The van der Waals surface area contributed by atoms with Crippen molar-refractivity contribution in [1.82, 2.24) is 4.90 Å². The standard InChI is InChI=1S/C17H16FN3O3/c1-10(9-22)23-15-12(6-7-18)21-8-14-16(20-17(15)21)19-11-4-2-3-5-13(11)24-14/h2-8,10,12,22H,9H2,1H3,(H,19,20)/b7-6-. The minimum absolute atomic E-state index is 0.130. The van der Waals surface area contributed by atoms with Crippen LogP contribution < -0.4 is 10.1 Å². The van der Waals surface area contributed by atoms with Gasteiger partial charge in [0.15, 0.2) is 28.9 Å². The van der Waals surface area contributed by atoms with E-state index < -0.39 is 12.1 Å². The summed E-state index contributed by atoms with van der Waals surface area (Å²) in [5.41, 5.74) is 0.827. The van der Waals surface area contributed by atoms with Crippen LogP contribution in [-0.4, -0.2) is 34.6 Å². The van der Waals surface area contributed by atoms with Crippen LogP contribution in [0.2, 0.25) is 0 Å². The minimum Gasteiger partial charge on any atom is -0.486 e. The van der Waals surface area contributed by atoms with Gasteiger partial charge in [-0.3, -0.25) is 0 Å². The molecule has 2 atom stereocenters. The molecule has 124 valence electrons. The molecule has 3 aliphatic rings. The molecule has 0 spiro atoms. The van der Waals surface area contributed by atoms with Gasteiger partial charge in [0.25, 0.3) is 0 Å². The molecule has 2 N–H and O–H groups in total. The molecular weight excluding hydrogens is 313 g/mol. The lowest BCUT2D eigenvalue weighted by Gasteiger charge is -2.43. The number of aliphatic hydroxyl groups is 1. The summed E-state index contributed by atoms with van der Waals surface area (Å²) in [6, 6.07) is 7.14. The van der Waals surface area contributed by atoms with Crippen molar-refractivity contribution in [2.75, 3.05) is 11.9 Å². The van der Waals surface area contributed by atoms with E-state index in [4.69, 9.17) is 9.47 Å². The highest BCUT2D eigenvalue weighted by molar-refractivity contribution is 6.10. The molecule has 0 fully saturated rings. The first-order chi connectivity index (χ1) is 11.7. The van der Waals surface area contributed by atoms with Crippen molar-refractivity contribution in [2.45, 2.75) is 19.1 Å². The second-order valence-electron chi connectivity index (χ2n) is 5.65. The summed E-state index contributed by atoms with van der Waals surface area (Å²) < 4.78 is 24.3. The molecule has 2 unspecified atom stereocenters. The third-order valence-corrected chi connectivity index (χ3v) is 3.94. The van der Waals surface area contributed by atoms with Gasteiger partial charge in [-0.05, 0) is 25.1 Å². The average molecular weight is 329 g/mol. The number of aliphatic imine (C=N–C) groups is 1. The molecule has 3 heterocycles. The van der Waals surface area contributed by atoms with Gasteiger partial charge in [-0.25, -0.2) is 9.38 Å². The summed E-state index contributed by atoms with van der Waals surface area (Å²) >= 11 is 0. The Balaban J connectivity index is 1.70. The van der Waals surface area contributed by atoms with E-state index in [2.05, 4.69) is 10.3 Å². The summed E-state index contributed by atoms with van der Waals surface area (Å²) in [5.74, 6) is 2.93. The number of benzene rings is 1. The first-order valence-corrected chi connectivity index (χ1v) is 7.63.